The molecule has 0 aliphatic carbocycles. The highest BCUT2D eigenvalue weighted by atomic mass is 16.5. The number of nitrogens with zero attached hydrogens (tertiary/aromatic N) is 1. The van der Waals surface area contributed by atoms with Crippen LogP contribution in [0.1, 0.15) is 30.0 Å². The summed E-state index contributed by atoms with van der Waals surface area (Å²) < 4.78 is 11.0. The highest BCUT2D eigenvalue weighted by molar-refractivity contribution is 5.37. The Morgan fingerprint density at radius 1 is 1.07 bits per heavy atom. The molecule has 2 aromatic carbocycles. The highest BCUT2D eigenvalue weighted by Gasteiger charge is 2.14. The Morgan fingerprint density at radius 2 is 1.85 bits per heavy atom. The van der Waals surface area contributed by atoms with Gasteiger partial charge < -0.3 is 14.8 Å². The smallest absolute Gasteiger partial charge is 0.123 e. The van der Waals surface area contributed by atoms with Crippen molar-refractivity contribution in [1.29, 1.82) is 0 Å². The lowest BCUT2D eigenvalue weighted by atomic mass is 10.1. The van der Waals surface area contributed by atoms with Crippen LogP contribution in [-0.4, -0.2) is 44.4 Å². The van der Waals surface area contributed by atoms with Crippen molar-refractivity contribution in [3.63, 3.8) is 0 Å². The van der Waals surface area contributed by atoms with Gasteiger partial charge in [-0.05, 0) is 43.0 Å². The molecule has 0 saturated carbocycles. The van der Waals surface area contributed by atoms with Crippen molar-refractivity contribution in [3.05, 3.63) is 65.2 Å². The number of hydrogen-bond acceptors (Lipinski definition) is 4. The molecule has 2 aromatic rings. The molecule has 4 heteroatoms. The molecule has 4 nitrogen and oxygen atoms in total. The topological polar surface area (TPSA) is 33.7 Å². The van der Waals surface area contributed by atoms with Crippen LogP contribution in [0.2, 0.25) is 0 Å². The van der Waals surface area contributed by atoms with Gasteiger partial charge in [0.05, 0.1) is 20.3 Å². The minimum atomic E-state index is 0.481. The fourth-order valence-corrected chi connectivity index (χ4v) is 3.49. The Balaban J connectivity index is 1.52. The maximum atomic E-state index is 5.58. The third-order valence-electron chi connectivity index (χ3n) is 5.21. The van der Waals surface area contributed by atoms with E-state index in [2.05, 4.69) is 65.7 Å². The van der Waals surface area contributed by atoms with Crippen molar-refractivity contribution in [2.75, 3.05) is 33.4 Å². The summed E-state index contributed by atoms with van der Waals surface area (Å²) in [5.41, 5.74) is 3.98. The molecule has 1 atom stereocenters. The number of ether oxygens (including phenoxy) is 2. The quantitative estimate of drug-likeness (QED) is 0.733. The summed E-state index contributed by atoms with van der Waals surface area (Å²) in [4.78, 5) is 2.43. The first kappa shape index (κ1) is 19.9. The SMILES string of the molecule is COc1ccc(CNC(C)CCc2ccccc2)cc1CN1CCOCC1. The number of morpholine rings is 1. The standard InChI is InChI=1S/C23H32N2O2/c1-19(8-9-20-6-4-3-5-7-20)24-17-21-10-11-23(26-2)22(16-21)18-25-12-14-27-15-13-25/h3-7,10-11,16,19,24H,8-9,12-15,17-18H2,1-2H3. The number of hydrogen-bond donors (Lipinski definition) is 1. The van der Waals surface area contributed by atoms with Gasteiger partial charge in [-0.3, -0.25) is 4.90 Å². The summed E-state index contributed by atoms with van der Waals surface area (Å²) in [6.45, 7) is 7.69. The van der Waals surface area contributed by atoms with Crippen LogP contribution >= 0.6 is 0 Å². The summed E-state index contributed by atoms with van der Waals surface area (Å²) in [6.07, 6.45) is 2.25. The molecule has 0 radical (unpaired) electrons. The van der Waals surface area contributed by atoms with Crippen LogP contribution in [0, 0.1) is 0 Å². The fraction of sp³-hybridized carbons (Fsp3) is 0.478. The van der Waals surface area contributed by atoms with E-state index in [0.717, 1.165) is 58.0 Å². The van der Waals surface area contributed by atoms with E-state index in [4.69, 9.17) is 9.47 Å². The van der Waals surface area contributed by atoms with E-state index in [1.54, 1.807) is 7.11 Å². The van der Waals surface area contributed by atoms with Crippen LogP contribution in [0.25, 0.3) is 0 Å². The summed E-state index contributed by atoms with van der Waals surface area (Å²) in [5.74, 6) is 0.974. The monoisotopic (exact) mass is 368 g/mol. The Hall–Kier alpha value is -1.88. The van der Waals surface area contributed by atoms with E-state index in [9.17, 15) is 0 Å². The van der Waals surface area contributed by atoms with E-state index in [1.807, 2.05) is 0 Å². The fourth-order valence-electron chi connectivity index (χ4n) is 3.49. The lowest BCUT2D eigenvalue weighted by Crippen LogP contribution is -2.35. The molecule has 1 aliphatic rings. The van der Waals surface area contributed by atoms with E-state index in [-0.39, 0.29) is 0 Å². The van der Waals surface area contributed by atoms with E-state index >= 15 is 0 Å². The summed E-state index contributed by atoms with van der Waals surface area (Å²) in [7, 11) is 1.75. The molecular formula is C23H32N2O2. The van der Waals surface area contributed by atoms with Gasteiger partial charge in [0.25, 0.3) is 0 Å². The summed E-state index contributed by atoms with van der Waals surface area (Å²) >= 11 is 0. The van der Waals surface area contributed by atoms with E-state index < -0.39 is 0 Å². The minimum Gasteiger partial charge on any atom is -0.496 e. The highest BCUT2D eigenvalue weighted by Crippen LogP contribution is 2.22. The molecule has 27 heavy (non-hydrogen) atoms. The van der Waals surface area contributed by atoms with Crippen LogP contribution in [0.5, 0.6) is 5.75 Å². The lowest BCUT2D eigenvalue weighted by molar-refractivity contribution is 0.0339. The summed E-state index contributed by atoms with van der Waals surface area (Å²) in [5, 5.41) is 3.66. The van der Waals surface area contributed by atoms with Gasteiger partial charge in [0.15, 0.2) is 0 Å². The summed E-state index contributed by atoms with van der Waals surface area (Å²) in [6, 6.07) is 17.7. The molecule has 1 heterocycles. The predicted molar refractivity (Wildman–Crippen MR) is 110 cm³/mol. The second-order valence-corrected chi connectivity index (χ2v) is 7.34. The van der Waals surface area contributed by atoms with Crippen molar-refractivity contribution in [3.8, 4) is 5.75 Å². The van der Waals surface area contributed by atoms with Gasteiger partial charge in [0.2, 0.25) is 0 Å². The van der Waals surface area contributed by atoms with Crippen LogP contribution in [0.4, 0.5) is 0 Å². The molecular weight excluding hydrogens is 336 g/mol. The molecule has 1 fully saturated rings. The van der Waals surface area contributed by atoms with Crippen LogP contribution in [0.15, 0.2) is 48.5 Å². The molecule has 1 saturated heterocycles. The molecule has 0 amide bonds. The molecule has 146 valence electrons. The zero-order chi connectivity index (χ0) is 18.9. The van der Waals surface area contributed by atoms with Gasteiger partial charge in [-0.25, -0.2) is 0 Å². The Bertz CT molecular complexity index is 684. The van der Waals surface area contributed by atoms with Crippen molar-refractivity contribution < 1.29 is 9.47 Å². The van der Waals surface area contributed by atoms with Crippen molar-refractivity contribution in [1.82, 2.24) is 10.2 Å². The maximum Gasteiger partial charge on any atom is 0.123 e. The van der Waals surface area contributed by atoms with E-state index in [1.165, 1.54) is 16.7 Å². The first-order chi connectivity index (χ1) is 13.2. The lowest BCUT2D eigenvalue weighted by Gasteiger charge is -2.27. The Morgan fingerprint density at radius 3 is 2.59 bits per heavy atom. The molecule has 0 aromatic heterocycles. The second-order valence-electron chi connectivity index (χ2n) is 7.34. The van der Waals surface area contributed by atoms with Gasteiger partial charge in [-0.1, -0.05) is 36.4 Å². The first-order valence-corrected chi connectivity index (χ1v) is 9.98. The number of methoxy groups -OCH3 is 1. The molecule has 0 bridgehead atoms. The number of nitrogens with one attached hydrogen (secondary N) is 1. The Kier molecular flexibility index (Phi) is 7.69. The van der Waals surface area contributed by atoms with Gasteiger partial charge in [-0.2, -0.15) is 0 Å². The first-order valence-electron chi connectivity index (χ1n) is 9.98. The van der Waals surface area contributed by atoms with Gasteiger partial charge in [0, 0.05) is 37.8 Å². The zero-order valence-corrected chi connectivity index (χ0v) is 16.6. The van der Waals surface area contributed by atoms with Gasteiger partial charge >= 0.3 is 0 Å². The maximum absolute atomic E-state index is 5.58. The van der Waals surface area contributed by atoms with Crippen LogP contribution < -0.4 is 10.1 Å². The van der Waals surface area contributed by atoms with Crippen molar-refractivity contribution >= 4 is 0 Å². The molecule has 3 rings (SSSR count). The second kappa shape index (κ2) is 10.5. The molecule has 1 unspecified atom stereocenters. The zero-order valence-electron chi connectivity index (χ0n) is 16.6. The number of aryl methyl sites for hydroxylation is 1. The largest absolute Gasteiger partial charge is 0.496 e. The number of benzene rings is 2. The van der Waals surface area contributed by atoms with Crippen molar-refractivity contribution in [2.45, 2.75) is 38.9 Å². The number of rotatable bonds is 9. The van der Waals surface area contributed by atoms with Gasteiger partial charge in [-0.15, -0.1) is 0 Å². The molecule has 1 N–H and O–H groups in total. The van der Waals surface area contributed by atoms with Crippen molar-refractivity contribution in [2.24, 2.45) is 0 Å². The average molecular weight is 369 g/mol. The predicted octanol–water partition coefficient (Wildman–Crippen LogP) is 3.64. The van der Waals surface area contributed by atoms with Crippen LogP contribution in [0.3, 0.4) is 0 Å². The van der Waals surface area contributed by atoms with Crippen LogP contribution in [-0.2, 0) is 24.2 Å². The molecule has 1 aliphatic heterocycles. The minimum absolute atomic E-state index is 0.481. The van der Waals surface area contributed by atoms with E-state index in [0.29, 0.717) is 6.04 Å². The normalized spacial score (nSPS) is 16.2. The van der Waals surface area contributed by atoms with Gasteiger partial charge in [0.1, 0.15) is 5.75 Å². The Labute approximate surface area is 163 Å². The average Bonchev–Trinajstić information content (AvgIpc) is 2.72. The third kappa shape index (κ3) is 6.35. The third-order valence-corrected chi connectivity index (χ3v) is 5.21. The molecule has 0 spiro atoms.